The average Bonchev–Trinajstić information content (AvgIpc) is 3.10. The van der Waals surface area contributed by atoms with Crippen LogP contribution in [0.3, 0.4) is 0 Å². The minimum absolute atomic E-state index is 0.537. The highest BCUT2D eigenvalue weighted by Crippen LogP contribution is 2.25. The summed E-state index contributed by atoms with van der Waals surface area (Å²) < 4.78 is 6.89. The molecule has 1 aliphatic carbocycles. The van der Waals surface area contributed by atoms with Crippen molar-refractivity contribution in [2.45, 2.75) is 32.0 Å². The van der Waals surface area contributed by atoms with E-state index in [-0.39, 0.29) is 0 Å². The first kappa shape index (κ1) is 13.1. The maximum atomic E-state index is 5.77. The fraction of sp³-hybridized carbons (Fsp3) is 0.357. The molecular weight excluding hydrogens is 324 g/mol. The zero-order chi connectivity index (χ0) is 13.1. The number of nitrogens with one attached hydrogen (secondary N) is 1. The second kappa shape index (κ2) is 6.03. The lowest BCUT2D eigenvalue weighted by molar-refractivity contribution is 0.305. The van der Waals surface area contributed by atoms with E-state index in [0.29, 0.717) is 12.6 Å². The van der Waals surface area contributed by atoms with Crippen LogP contribution in [0.5, 0.6) is 5.75 Å². The zero-order valence-corrected chi connectivity index (χ0v) is 12.8. The summed E-state index contributed by atoms with van der Waals surface area (Å²) in [4.78, 5) is 4.21. The Morgan fingerprint density at radius 3 is 3.05 bits per heavy atom. The zero-order valence-electron chi connectivity index (χ0n) is 10.4. The van der Waals surface area contributed by atoms with Crippen LogP contribution >= 0.6 is 27.3 Å². The fourth-order valence-corrected chi connectivity index (χ4v) is 2.70. The third kappa shape index (κ3) is 3.78. The minimum atomic E-state index is 0.537. The lowest BCUT2D eigenvalue weighted by Gasteiger charge is -2.09. The van der Waals surface area contributed by atoms with Gasteiger partial charge < -0.3 is 10.1 Å². The van der Waals surface area contributed by atoms with E-state index in [4.69, 9.17) is 4.74 Å². The monoisotopic (exact) mass is 338 g/mol. The largest absolute Gasteiger partial charge is 0.486 e. The summed E-state index contributed by atoms with van der Waals surface area (Å²) in [5, 5.41) is 6.48. The van der Waals surface area contributed by atoms with E-state index in [0.717, 1.165) is 21.8 Å². The molecule has 3 rings (SSSR count). The number of rotatable bonds is 6. The highest BCUT2D eigenvalue weighted by Gasteiger charge is 2.20. The number of aromatic nitrogens is 1. The van der Waals surface area contributed by atoms with Crippen molar-refractivity contribution in [3.8, 4) is 5.75 Å². The molecule has 3 nitrogen and oxygen atoms in total. The topological polar surface area (TPSA) is 34.1 Å². The van der Waals surface area contributed by atoms with Crippen molar-refractivity contribution in [3.63, 3.8) is 0 Å². The first-order chi connectivity index (χ1) is 9.31. The van der Waals surface area contributed by atoms with E-state index in [1.54, 1.807) is 17.5 Å². The van der Waals surface area contributed by atoms with E-state index in [1.807, 2.05) is 17.5 Å². The number of hydrogen-bond acceptors (Lipinski definition) is 4. The molecule has 0 atom stereocenters. The van der Waals surface area contributed by atoms with Crippen LogP contribution in [0.4, 0.5) is 0 Å². The summed E-state index contributed by atoms with van der Waals surface area (Å²) >= 11 is 5.20. The van der Waals surface area contributed by atoms with Gasteiger partial charge in [0.2, 0.25) is 0 Å². The number of ether oxygens (including phenoxy) is 1. The predicted molar refractivity (Wildman–Crippen MR) is 80.4 cm³/mol. The van der Waals surface area contributed by atoms with E-state index < -0.39 is 0 Å². The Balaban J connectivity index is 1.62. The molecule has 0 bridgehead atoms. The molecule has 19 heavy (non-hydrogen) atoms. The molecule has 0 aliphatic heterocycles. The Morgan fingerprint density at radius 2 is 2.32 bits per heavy atom. The molecule has 0 spiro atoms. The van der Waals surface area contributed by atoms with Crippen molar-refractivity contribution in [1.29, 1.82) is 0 Å². The van der Waals surface area contributed by atoms with Crippen molar-refractivity contribution in [2.75, 3.05) is 0 Å². The smallest absolute Gasteiger partial charge is 0.140 e. The molecule has 1 aliphatic rings. The third-order valence-electron chi connectivity index (χ3n) is 3.02. The number of hydrogen-bond donors (Lipinski definition) is 1. The van der Waals surface area contributed by atoms with Crippen LogP contribution < -0.4 is 10.1 Å². The summed E-state index contributed by atoms with van der Waals surface area (Å²) in [7, 11) is 0. The standard InChI is InChI=1S/C14H15BrN2OS/c15-13-4-3-12(18-9-14-16-5-6-19-14)7-10(13)8-17-11-1-2-11/h3-7,11,17H,1-2,8-9H2. The van der Waals surface area contributed by atoms with Crippen molar-refractivity contribution < 1.29 is 4.74 Å². The summed E-state index contributed by atoms with van der Waals surface area (Å²) in [6.07, 6.45) is 4.41. The normalized spacial score (nSPS) is 14.6. The average molecular weight is 339 g/mol. The quantitative estimate of drug-likeness (QED) is 0.871. The van der Waals surface area contributed by atoms with Crippen LogP contribution in [0.1, 0.15) is 23.4 Å². The van der Waals surface area contributed by atoms with Crippen LogP contribution in [0, 0.1) is 0 Å². The Bertz CT molecular complexity index is 540. The highest BCUT2D eigenvalue weighted by atomic mass is 79.9. The van der Waals surface area contributed by atoms with Crippen molar-refractivity contribution in [1.82, 2.24) is 10.3 Å². The fourth-order valence-electron chi connectivity index (χ4n) is 1.79. The summed E-state index contributed by atoms with van der Waals surface area (Å²) in [5.41, 5.74) is 1.24. The third-order valence-corrected chi connectivity index (χ3v) is 4.55. The van der Waals surface area contributed by atoms with Gasteiger partial charge in [-0.05, 0) is 36.6 Å². The molecule has 0 radical (unpaired) electrons. The van der Waals surface area contributed by atoms with Crippen LogP contribution in [-0.4, -0.2) is 11.0 Å². The van der Waals surface area contributed by atoms with Crippen molar-refractivity contribution >= 4 is 27.3 Å². The lowest BCUT2D eigenvalue weighted by atomic mass is 10.2. The Morgan fingerprint density at radius 1 is 1.42 bits per heavy atom. The molecular formula is C14H15BrN2OS. The van der Waals surface area contributed by atoms with Gasteiger partial charge in [0.05, 0.1) is 0 Å². The van der Waals surface area contributed by atoms with Gasteiger partial charge in [-0.15, -0.1) is 11.3 Å². The Labute approximate surface area is 125 Å². The van der Waals surface area contributed by atoms with Crippen LogP contribution in [0.2, 0.25) is 0 Å². The second-order valence-electron chi connectivity index (χ2n) is 4.62. The van der Waals surface area contributed by atoms with Gasteiger partial charge in [0.25, 0.3) is 0 Å². The number of benzene rings is 1. The summed E-state index contributed by atoms with van der Waals surface area (Å²) in [5.74, 6) is 0.894. The van der Waals surface area contributed by atoms with Gasteiger partial charge in [-0.3, -0.25) is 0 Å². The molecule has 1 aromatic carbocycles. The Kier molecular flexibility index (Phi) is 4.15. The predicted octanol–water partition coefficient (Wildman–Crippen LogP) is 3.74. The molecule has 1 N–H and O–H groups in total. The number of thiazole rings is 1. The van der Waals surface area contributed by atoms with Gasteiger partial charge in [-0.1, -0.05) is 15.9 Å². The van der Waals surface area contributed by atoms with Crippen LogP contribution in [0.25, 0.3) is 0 Å². The molecule has 1 saturated carbocycles. The van der Waals surface area contributed by atoms with E-state index >= 15 is 0 Å². The summed E-state index contributed by atoms with van der Waals surface area (Å²) in [6.45, 7) is 1.43. The van der Waals surface area contributed by atoms with Gasteiger partial charge in [-0.2, -0.15) is 0 Å². The number of nitrogens with zero attached hydrogens (tertiary/aromatic N) is 1. The van der Waals surface area contributed by atoms with E-state index in [1.165, 1.54) is 18.4 Å². The van der Waals surface area contributed by atoms with Gasteiger partial charge in [-0.25, -0.2) is 4.98 Å². The highest BCUT2D eigenvalue weighted by molar-refractivity contribution is 9.10. The SMILES string of the molecule is Brc1ccc(OCc2nccs2)cc1CNC1CC1. The Hall–Kier alpha value is -0.910. The van der Waals surface area contributed by atoms with Crippen LogP contribution in [0.15, 0.2) is 34.2 Å². The second-order valence-corrected chi connectivity index (χ2v) is 6.46. The molecule has 2 aromatic rings. The lowest BCUT2D eigenvalue weighted by Crippen LogP contribution is -2.15. The maximum Gasteiger partial charge on any atom is 0.140 e. The van der Waals surface area contributed by atoms with Crippen LogP contribution in [-0.2, 0) is 13.2 Å². The van der Waals surface area contributed by atoms with Crippen molar-refractivity contribution in [2.24, 2.45) is 0 Å². The number of halogens is 1. The molecule has 1 aromatic heterocycles. The molecule has 0 saturated heterocycles. The minimum Gasteiger partial charge on any atom is -0.486 e. The van der Waals surface area contributed by atoms with Gasteiger partial charge in [0, 0.05) is 28.6 Å². The van der Waals surface area contributed by atoms with Gasteiger partial charge >= 0.3 is 0 Å². The maximum absolute atomic E-state index is 5.77. The first-order valence-electron chi connectivity index (χ1n) is 6.34. The molecule has 0 amide bonds. The molecule has 100 valence electrons. The molecule has 1 fully saturated rings. The summed E-state index contributed by atoms with van der Waals surface area (Å²) in [6, 6.07) is 6.83. The molecule has 0 unspecified atom stereocenters. The first-order valence-corrected chi connectivity index (χ1v) is 8.01. The van der Waals surface area contributed by atoms with E-state index in [2.05, 4.69) is 32.3 Å². The van der Waals surface area contributed by atoms with Gasteiger partial charge in [0.1, 0.15) is 17.4 Å². The van der Waals surface area contributed by atoms with E-state index in [9.17, 15) is 0 Å². The molecule has 5 heteroatoms. The molecule has 1 heterocycles. The van der Waals surface area contributed by atoms with Crippen molar-refractivity contribution in [3.05, 3.63) is 44.8 Å². The van der Waals surface area contributed by atoms with Gasteiger partial charge in [0.15, 0.2) is 0 Å².